The fourth-order valence-corrected chi connectivity index (χ4v) is 2.46. The number of nitrogens with one attached hydrogen (secondary N) is 1. The van der Waals surface area contributed by atoms with Gasteiger partial charge in [0.05, 0.1) is 0 Å². The zero-order valence-electron chi connectivity index (χ0n) is 11.7. The van der Waals surface area contributed by atoms with Crippen LogP contribution in [0, 0.1) is 12.7 Å². The maximum atomic E-state index is 13.3. The van der Waals surface area contributed by atoms with Gasteiger partial charge in [-0.25, -0.2) is 4.39 Å². The molecule has 0 aliphatic rings. The summed E-state index contributed by atoms with van der Waals surface area (Å²) in [6, 6.07) is 16.4. The van der Waals surface area contributed by atoms with E-state index in [2.05, 4.69) is 5.32 Å². The van der Waals surface area contributed by atoms with Gasteiger partial charge in [-0.05, 0) is 47.5 Å². The Morgan fingerprint density at radius 2 is 1.86 bits per heavy atom. The number of hydrogen-bond acceptors (Lipinski definition) is 2. The summed E-state index contributed by atoms with van der Waals surface area (Å²) in [6.45, 7) is 2.22. The van der Waals surface area contributed by atoms with Crippen molar-refractivity contribution in [2.75, 3.05) is 5.32 Å². The first-order valence-corrected chi connectivity index (χ1v) is 6.85. The van der Waals surface area contributed by atoms with Gasteiger partial charge in [0.25, 0.3) is 0 Å². The minimum Gasteiger partial charge on any atom is -0.508 e. The Morgan fingerprint density at radius 3 is 2.67 bits per heavy atom. The number of phenols is 1. The molecule has 0 fully saturated rings. The van der Waals surface area contributed by atoms with Gasteiger partial charge in [0.2, 0.25) is 0 Å². The lowest BCUT2D eigenvalue weighted by Crippen LogP contribution is -2.01. The maximum Gasteiger partial charge on any atom is 0.126 e. The van der Waals surface area contributed by atoms with Crippen molar-refractivity contribution in [3.05, 3.63) is 71.5 Å². The summed E-state index contributed by atoms with van der Waals surface area (Å²) < 4.78 is 13.3. The molecule has 3 aromatic rings. The fourth-order valence-electron chi connectivity index (χ4n) is 2.46. The van der Waals surface area contributed by atoms with Gasteiger partial charge in [-0.15, -0.1) is 0 Å². The van der Waals surface area contributed by atoms with Crippen molar-refractivity contribution in [2.45, 2.75) is 13.5 Å². The highest BCUT2D eigenvalue weighted by Gasteiger charge is 2.07. The molecule has 0 saturated heterocycles. The topological polar surface area (TPSA) is 32.3 Å². The Bertz CT molecular complexity index is 798. The molecule has 0 unspecified atom stereocenters. The van der Waals surface area contributed by atoms with Gasteiger partial charge in [0.15, 0.2) is 0 Å². The molecule has 3 heteroatoms. The van der Waals surface area contributed by atoms with E-state index in [0.717, 1.165) is 22.0 Å². The quantitative estimate of drug-likeness (QED) is 0.735. The third-order valence-corrected chi connectivity index (χ3v) is 3.64. The van der Waals surface area contributed by atoms with E-state index in [4.69, 9.17) is 0 Å². The third-order valence-electron chi connectivity index (χ3n) is 3.64. The zero-order chi connectivity index (χ0) is 14.8. The predicted octanol–water partition coefficient (Wildman–Crippen LogP) is 4.61. The van der Waals surface area contributed by atoms with Crippen LogP contribution in [-0.2, 0) is 6.54 Å². The van der Waals surface area contributed by atoms with E-state index in [1.54, 1.807) is 25.1 Å². The van der Waals surface area contributed by atoms with Crippen molar-refractivity contribution >= 4 is 16.5 Å². The summed E-state index contributed by atoms with van der Waals surface area (Å²) in [6.07, 6.45) is 0. The first kappa shape index (κ1) is 13.4. The van der Waals surface area contributed by atoms with Crippen LogP contribution in [0.5, 0.6) is 5.75 Å². The van der Waals surface area contributed by atoms with E-state index in [1.807, 2.05) is 30.3 Å². The molecule has 0 aliphatic heterocycles. The molecule has 3 aromatic carbocycles. The second-order valence-corrected chi connectivity index (χ2v) is 5.10. The van der Waals surface area contributed by atoms with Gasteiger partial charge >= 0.3 is 0 Å². The second kappa shape index (κ2) is 5.44. The minimum atomic E-state index is -0.214. The van der Waals surface area contributed by atoms with Crippen LogP contribution in [0.15, 0.2) is 54.6 Å². The van der Waals surface area contributed by atoms with Crippen molar-refractivity contribution in [1.29, 1.82) is 0 Å². The SMILES string of the molecule is Cc1cc(NCc2c(O)ccc3ccccc23)ccc1F. The van der Waals surface area contributed by atoms with Crippen LogP contribution in [0.1, 0.15) is 11.1 Å². The van der Waals surface area contributed by atoms with Gasteiger partial charge in [-0.1, -0.05) is 30.3 Å². The molecule has 0 saturated carbocycles. The number of hydrogen-bond donors (Lipinski definition) is 2. The molecule has 2 N–H and O–H groups in total. The third kappa shape index (κ3) is 2.68. The number of rotatable bonds is 3. The Labute approximate surface area is 122 Å². The van der Waals surface area contributed by atoms with Crippen LogP contribution in [0.3, 0.4) is 0 Å². The molecule has 0 bridgehead atoms. The zero-order valence-corrected chi connectivity index (χ0v) is 11.7. The minimum absolute atomic E-state index is 0.214. The van der Waals surface area contributed by atoms with E-state index in [1.165, 1.54) is 6.07 Å². The molecule has 21 heavy (non-hydrogen) atoms. The van der Waals surface area contributed by atoms with Gasteiger partial charge in [-0.2, -0.15) is 0 Å². The average molecular weight is 281 g/mol. The van der Waals surface area contributed by atoms with Gasteiger partial charge in [-0.3, -0.25) is 0 Å². The number of benzene rings is 3. The van der Waals surface area contributed by atoms with Crippen LogP contribution >= 0.6 is 0 Å². The molecule has 0 spiro atoms. The largest absolute Gasteiger partial charge is 0.508 e. The van der Waals surface area contributed by atoms with E-state index in [-0.39, 0.29) is 11.6 Å². The lowest BCUT2D eigenvalue weighted by atomic mass is 10.0. The molecular formula is C18H16FNO. The number of halogens is 1. The highest BCUT2D eigenvalue weighted by atomic mass is 19.1. The molecule has 3 rings (SSSR count). The highest BCUT2D eigenvalue weighted by Crippen LogP contribution is 2.28. The van der Waals surface area contributed by atoms with Crippen LogP contribution in [-0.4, -0.2) is 5.11 Å². The summed E-state index contributed by atoms with van der Waals surface area (Å²) in [5.74, 6) is 0.0496. The molecule has 0 heterocycles. The second-order valence-electron chi connectivity index (χ2n) is 5.10. The Kier molecular flexibility index (Phi) is 3.48. The lowest BCUT2D eigenvalue weighted by Gasteiger charge is -2.12. The Morgan fingerprint density at radius 1 is 1.05 bits per heavy atom. The van der Waals surface area contributed by atoms with E-state index < -0.39 is 0 Å². The first-order valence-electron chi connectivity index (χ1n) is 6.85. The van der Waals surface area contributed by atoms with Crippen molar-refractivity contribution in [2.24, 2.45) is 0 Å². The first-order chi connectivity index (χ1) is 10.1. The van der Waals surface area contributed by atoms with Crippen LogP contribution in [0.4, 0.5) is 10.1 Å². The van der Waals surface area contributed by atoms with Gasteiger partial charge < -0.3 is 10.4 Å². The van der Waals surface area contributed by atoms with Crippen molar-refractivity contribution in [3.8, 4) is 5.75 Å². The monoisotopic (exact) mass is 281 g/mol. The molecule has 0 radical (unpaired) electrons. The number of aryl methyl sites for hydroxylation is 1. The lowest BCUT2D eigenvalue weighted by molar-refractivity contribution is 0.470. The molecule has 0 aromatic heterocycles. The average Bonchev–Trinajstić information content (AvgIpc) is 2.50. The van der Waals surface area contributed by atoms with Crippen LogP contribution in [0.25, 0.3) is 10.8 Å². The van der Waals surface area contributed by atoms with E-state index in [0.29, 0.717) is 12.1 Å². The summed E-state index contributed by atoms with van der Waals surface area (Å²) >= 11 is 0. The molecule has 106 valence electrons. The standard InChI is InChI=1S/C18H16FNO/c1-12-10-14(7-8-17(12)19)20-11-16-15-5-3-2-4-13(15)6-9-18(16)21/h2-10,20-21H,11H2,1H3. The normalized spacial score (nSPS) is 10.8. The number of anilines is 1. The summed E-state index contributed by atoms with van der Waals surface area (Å²) in [4.78, 5) is 0. The van der Waals surface area contributed by atoms with Crippen molar-refractivity contribution in [3.63, 3.8) is 0 Å². The number of phenolic OH excluding ortho intramolecular Hbond substituents is 1. The Balaban J connectivity index is 1.91. The van der Waals surface area contributed by atoms with Crippen molar-refractivity contribution < 1.29 is 9.50 Å². The number of fused-ring (bicyclic) bond motifs is 1. The molecule has 2 nitrogen and oxygen atoms in total. The van der Waals surface area contributed by atoms with Crippen LogP contribution < -0.4 is 5.32 Å². The van der Waals surface area contributed by atoms with E-state index in [9.17, 15) is 9.50 Å². The highest BCUT2D eigenvalue weighted by molar-refractivity contribution is 5.87. The predicted molar refractivity (Wildman–Crippen MR) is 84.1 cm³/mol. The summed E-state index contributed by atoms with van der Waals surface area (Å²) in [7, 11) is 0. The smallest absolute Gasteiger partial charge is 0.126 e. The molecule has 0 amide bonds. The van der Waals surface area contributed by atoms with Crippen molar-refractivity contribution in [1.82, 2.24) is 0 Å². The summed E-state index contributed by atoms with van der Waals surface area (Å²) in [5.41, 5.74) is 2.28. The Hall–Kier alpha value is -2.55. The molecule has 0 atom stereocenters. The molecular weight excluding hydrogens is 265 g/mol. The maximum absolute atomic E-state index is 13.3. The van der Waals surface area contributed by atoms with Gasteiger partial charge in [0.1, 0.15) is 11.6 Å². The molecule has 0 aliphatic carbocycles. The number of aromatic hydroxyl groups is 1. The van der Waals surface area contributed by atoms with Gasteiger partial charge in [0, 0.05) is 17.8 Å². The van der Waals surface area contributed by atoms with E-state index >= 15 is 0 Å². The summed E-state index contributed by atoms with van der Waals surface area (Å²) in [5, 5.41) is 15.4. The fraction of sp³-hybridized carbons (Fsp3) is 0.111. The van der Waals surface area contributed by atoms with Crippen LogP contribution in [0.2, 0.25) is 0 Å².